The van der Waals surface area contributed by atoms with Crippen molar-refractivity contribution in [1.29, 1.82) is 0 Å². The van der Waals surface area contributed by atoms with Crippen LogP contribution >= 0.6 is 11.3 Å². The van der Waals surface area contributed by atoms with Crippen LogP contribution in [0.15, 0.2) is 39.9 Å². The molecule has 0 radical (unpaired) electrons. The Hall–Kier alpha value is -1.93. The van der Waals surface area contributed by atoms with Crippen molar-refractivity contribution in [2.75, 3.05) is 11.8 Å². The summed E-state index contributed by atoms with van der Waals surface area (Å²) < 4.78 is 44.4. The van der Waals surface area contributed by atoms with Crippen molar-refractivity contribution in [3.63, 3.8) is 0 Å². The van der Waals surface area contributed by atoms with Gasteiger partial charge >= 0.3 is 5.97 Å². The molecule has 0 unspecified atom stereocenters. The summed E-state index contributed by atoms with van der Waals surface area (Å²) in [7, 11) is -2.91. The van der Waals surface area contributed by atoms with E-state index in [1.54, 1.807) is 0 Å². The number of anilines is 1. The van der Waals surface area contributed by atoms with Crippen molar-refractivity contribution in [1.82, 2.24) is 0 Å². The zero-order valence-electron chi connectivity index (χ0n) is 10.3. The van der Waals surface area contributed by atoms with E-state index in [1.165, 1.54) is 30.0 Å². The molecule has 0 aliphatic rings. The van der Waals surface area contributed by atoms with Crippen molar-refractivity contribution in [3.05, 3.63) is 46.4 Å². The predicted octanol–water partition coefficient (Wildman–Crippen LogP) is 2.47. The number of hydrogen-bond donors (Lipinski definition) is 1. The third-order valence-electron chi connectivity index (χ3n) is 2.44. The number of esters is 1. The Morgan fingerprint density at radius 2 is 2.00 bits per heavy atom. The van der Waals surface area contributed by atoms with Gasteiger partial charge in [0.05, 0.1) is 18.4 Å². The van der Waals surface area contributed by atoms with Crippen LogP contribution < -0.4 is 4.72 Å². The number of halogens is 1. The molecule has 106 valence electrons. The Kier molecular flexibility index (Phi) is 4.05. The molecule has 1 aromatic heterocycles. The summed E-state index contributed by atoms with van der Waals surface area (Å²) in [6.45, 7) is 0. The Balaban J connectivity index is 2.37. The van der Waals surface area contributed by atoms with E-state index in [0.29, 0.717) is 0 Å². The number of methoxy groups -OCH3 is 1. The summed E-state index contributed by atoms with van der Waals surface area (Å²) >= 11 is 1.13. The molecule has 0 fully saturated rings. The topological polar surface area (TPSA) is 72.5 Å². The number of hydrogen-bond acceptors (Lipinski definition) is 5. The monoisotopic (exact) mass is 315 g/mol. The highest BCUT2D eigenvalue weighted by atomic mass is 32.2. The summed E-state index contributed by atoms with van der Waals surface area (Å²) in [4.78, 5) is 11.0. The molecule has 0 atom stereocenters. The normalized spacial score (nSPS) is 11.1. The lowest BCUT2D eigenvalue weighted by atomic mass is 10.3. The van der Waals surface area contributed by atoms with Gasteiger partial charge < -0.3 is 4.74 Å². The molecule has 0 spiro atoms. The fourth-order valence-electron chi connectivity index (χ4n) is 1.51. The van der Waals surface area contributed by atoms with Gasteiger partial charge in [0.1, 0.15) is 10.7 Å². The second-order valence-electron chi connectivity index (χ2n) is 3.73. The smallest absolute Gasteiger partial charge is 0.340 e. The van der Waals surface area contributed by atoms with Crippen LogP contribution in [0.25, 0.3) is 0 Å². The predicted molar refractivity (Wildman–Crippen MR) is 72.9 cm³/mol. The standard InChI is InChI=1S/C12H10FNO4S2/c1-18-12(15)8-6-19-7-10(8)14-20(16,17)11-5-3-2-4-9(11)13/h2-7,14H,1H3. The zero-order valence-corrected chi connectivity index (χ0v) is 11.9. The molecular formula is C12H10FNO4S2. The Morgan fingerprint density at radius 3 is 2.65 bits per heavy atom. The lowest BCUT2D eigenvalue weighted by Crippen LogP contribution is -2.16. The SMILES string of the molecule is COC(=O)c1cscc1NS(=O)(=O)c1ccccc1F. The Morgan fingerprint density at radius 1 is 1.30 bits per heavy atom. The van der Waals surface area contributed by atoms with Crippen molar-refractivity contribution >= 4 is 33.0 Å². The van der Waals surface area contributed by atoms with E-state index in [1.807, 2.05) is 0 Å². The maximum atomic E-state index is 13.5. The molecule has 0 amide bonds. The van der Waals surface area contributed by atoms with Crippen molar-refractivity contribution < 1.29 is 22.3 Å². The molecule has 5 nitrogen and oxygen atoms in total. The molecule has 2 aromatic rings. The summed E-state index contributed by atoms with van der Waals surface area (Å²) in [5.74, 6) is -1.53. The van der Waals surface area contributed by atoms with Gasteiger partial charge in [0.2, 0.25) is 0 Å². The third-order valence-corrected chi connectivity index (χ3v) is 4.58. The fraction of sp³-hybridized carbons (Fsp3) is 0.0833. The molecule has 1 heterocycles. The van der Waals surface area contributed by atoms with E-state index in [0.717, 1.165) is 23.5 Å². The molecule has 8 heteroatoms. The number of ether oxygens (including phenoxy) is 1. The van der Waals surface area contributed by atoms with Gasteiger partial charge in [0.15, 0.2) is 0 Å². The second kappa shape index (κ2) is 5.59. The molecule has 0 saturated heterocycles. The third kappa shape index (κ3) is 2.81. The Bertz CT molecular complexity index is 739. The minimum Gasteiger partial charge on any atom is -0.465 e. The van der Waals surface area contributed by atoms with E-state index in [4.69, 9.17) is 0 Å². The van der Waals surface area contributed by atoms with Crippen LogP contribution in [0.4, 0.5) is 10.1 Å². The first-order chi connectivity index (χ1) is 9.45. The van der Waals surface area contributed by atoms with Crippen LogP contribution in [-0.2, 0) is 14.8 Å². The molecular weight excluding hydrogens is 305 g/mol. The molecule has 20 heavy (non-hydrogen) atoms. The maximum absolute atomic E-state index is 13.5. The second-order valence-corrected chi connectivity index (χ2v) is 6.12. The highest BCUT2D eigenvalue weighted by molar-refractivity contribution is 7.92. The summed E-state index contributed by atoms with van der Waals surface area (Å²) in [6, 6.07) is 4.98. The summed E-state index contributed by atoms with van der Waals surface area (Å²) in [5.41, 5.74) is 0.141. The molecule has 0 saturated carbocycles. The van der Waals surface area contributed by atoms with E-state index >= 15 is 0 Å². The number of nitrogens with one attached hydrogen (secondary N) is 1. The van der Waals surface area contributed by atoms with E-state index < -0.39 is 26.7 Å². The number of benzene rings is 1. The molecule has 1 aromatic carbocycles. The van der Waals surface area contributed by atoms with Gasteiger partial charge in [-0.3, -0.25) is 4.72 Å². The van der Waals surface area contributed by atoms with Crippen LogP contribution in [0.5, 0.6) is 0 Å². The van der Waals surface area contributed by atoms with Crippen molar-refractivity contribution in [2.45, 2.75) is 4.90 Å². The number of rotatable bonds is 4. The minimum absolute atomic E-state index is 0.0603. The van der Waals surface area contributed by atoms with Gasteiger partial charge in [0, 0.05) is 10.8 Å². The zero-order chi connectivity index (χ0) is 14.8. The lowest BCUT2D eigenvalue weighted by molar-refractivity contribution is 0.0602. The van der Waals surface area contributed by atoms with Gasteiger partial charge in [0.25, 0.3) is 10.0 Å². The average molecular weight is 315 g/mol. The lowest BCUT2D eigenvalue weighted by Gasteiger charge is -2.08. The molecule has 0 aliphatic heterocycles. The molecule has 0 bridgehead atoms. The van der Waals surface area contributed by atoms with Gasteiger partial charge in [-0.05, 0) is 12.1 Å². The van der Waals surface area contributed by atoms with Crippen LogP contribution in [0.1, 0.15) is 10.4 Å². The quantitative estimate of drug-likeness (QED) is 0.880. The van der Waals surface area contributed by atoms with Gasteiger partial charge in [-0.15, -0.1) is 11.3 Å². The average Bonchev–Trinajstić information content (AvgIpc) is 2.85. The van der Waals surface area contributed by atoms with E-state index in [2.05, 4.69) is 9.46 Å². The first-order valence-corrected chi connectivity index (χ1v) is 7.80. The number of sulfonamides is 1. The molecule has 2 rings (SSSR count). The largest absolute Gasteiger partial charge is 0.465 e. The molecule has 1 N–H and O–H groups in total. The van der Waals surface area contributed by atoms with E-state index in [-0.39, 0.29) is 11.3 Å². The maximum Gasteiger partial charge on any atom is 0.340 e. The first kappa shape index (κ1) is 14.5. The van der Waals surface area contributed by atoms with Crippen LogP contribution in [0.3, 0.4) is 0 Å². The van der Waals surface area contributed by atoms with E-state index in [9.17, 15) is 17.6 Å². The number of carbonyl (C=O) groups is 1. The summed E-state index contributed by atoms with van der Waals surface area (Å²) in [5, 5.41) is 2.88. The number of carbonyl (C=O) groups excluding carboxylic acids is 1. The van der Waals surface area contributed by atoms with Crippen molar-refractivity contribution in [2.24, 2.45) is 0 Å². The minimum atomic E-state index is -4.10. The molecule has 0 aliphatic carbocycles. The van der Waals surface area contributed by atoms with Crippen LogP contribution in [0.2, 0.25) is 0 Å². The van der Waals surface area contributed by atoms with Gasteiger partial charge in [-0.1, -0.05) is 12.1 Å². The van der Waals surface area contributed by atoms with Gasteiger partial charge in [-0.2, -0.15) is 0 Å². The van der Waals surface area contributed by atoms with Crippen LogP contribution in [-0.4, -0.2) is 21.5 Å². The highest BCUT2D eigenvalue weighted by Gasteiger charge is 2.22. The number of thiophene rings is 1. The van der Waals surface area contributed by atoms with Gasteiger partial charge in [-0.25, -0.2) is 17.6 Å². The fourth-order valence-corrected chi connectivity index (χ4v) is 3.48. The summed E-state index contributed by atoms with van der Waals surface area (Å²) in [6.07, 6.45) is 0. The van der Waals surface area contributed by atoms with Crippen molar-refractivity contribution in [3.8, 4) is 0 Å². The highest BCUT2D eigenvalue weighted by Crippen LogP contribution is 2.25. The first-order valence-electron chi connectivity index (χ1n) is 5.37. The van der Waals surface area contributed by atoms with Crippen LogP contribution in [0, 0.1) is 5.82 Å². The Labute approximate surface area is 119 Å².